The summed E-state index contributed by atoms with van der Waals surface area (Å²) in [7, 11) is 0. The highest BCUT2D eigenvalue weighted by Crippen LogP contribution is 2.32. The first-order chi connectivity index (χ1) is 18.9. The number of nitrogens with two attached hydrogens (primary N) is 1. The Hall–Kier alpha value is -5.05. The van der Waals surface area contributed by atoms with Gasteiger partial charge in [-0.1, -0.05) is 36.4 Å². The van der Waals surface area contributed by atoms with Crippen LogP contribution in [0.4, 0.5) is 16.0 Å². The van der Waals surface area contributed by atoms with Gasteiger partial charge in [-0.15, -0.1) is 0 Å². The summed E-state index contributed by atoms with van der Waals surface area (Å²) in [4.78, 5) is 22.1. The first-order valence-electron chi connectivity index (χ1n) is 12.4. The summed E-state index contributed by atoms with van der Waals surface area (Å²) in [6.45, 7) is 4.16. The van der Waals surface area contributed by atoms with Crippen molar-refractivity contribution in [2.24, 2.45) is 0 Å². The minimum Gasteiger partial charge on any atom is -0.494 e. The van der Waals surface area contributed by atoms with Crippen LogP contribution >= 0.6 is 0 Å². The lowest BCUT2D eigenvalue weighted by molar-refractivity contribution is 0.340. The van der Waals surface area contributed by atoms with Crippen molar-refractivity contribution < 1.29 is 13.5 Å². The molecule has 39 heavy (non-hydrogen) atoms. The van der Waals surface area contributed by atoms with Gasteiger partial charge >= 0.3 is 0 Å². The lowest BCUT2D eigenvalue weighted by Gasteiger charge is -2.20. The van der Waals surface area contributed by atoms with Gasteiger partial charge in [-0.25, -0.2) is 14.4 Å². The standard InChI is InChI=1S/C30H26FN5O3/c1-3-38-21-11-7-9-19(15-21)26(32)25-29(33)34-16-35-30(25)36-17(2)28-24(18-8-6-10-20(31)14-18)27(37)22-12-4-5-13-23(22)39-28/h4-17,32H,3H2,1-2H3,(H3,33,34,35,36). The molecule has 8 nitrogen and oxygen atoms in total. The van der Waals surface area contributed by atoms with Crippen LogP contribution in [0.25, 0.3) is 22.1 Å². The molecule has 3 aromatic carbocycles. The van der Waals surface area contributed by atoms with Crippen LogP contribution in [0.1, 0.15) is 36.8 Å². The zero-order valence-corrected chi connectivity index (χ0v) is 21.4. The van der Waals surface area contributed by atoms with Crippen molar-refractivity contribution >= 4 is 28.3 Å². The number of nitrogen functional groups attached to an aromatic ring is 1. The highest BCUT2D eigenvalue weighted by atomic mass is 19.1. The fraction of sp³-hybridized carbons (Fsp3) is 0.133. The Morgan fingerprint density at radius 2 is 1.90 bits per heavy atom. The maximum absolute atomic E-state index is 14.2. The molecule has 1 atom stereocenters. The van der Waals surface area contributed by atoms with E-state index in [1.807, 2.05) is 13.0 Å². The molecule has 1 unspecified atom stereocenters. The van der Waals surface area contributed by atoms with E-state index >= 15 is 0 Å². The normalized spacial score (nSPS) is 11.8. The molecule has 0 fully saturated rings. The first-order valence-corrected chi connectivity index (χ1v) is 12.4. The molecular weight excluding hydrogens is 497 g/mol. The number of fused-ring (bicyclic) bond motifs is 1. The van der Waals surface area contributed by atoms with Crippen LogP contribution < -0.4 is 21.2 Å². The molecule has 0 saturated heterocycles. The van der Waals surface area contributed by atoms with Crippen molar-refractivity contribution in [2.75, 3.05) is 17.7 Å². The van der Waals surface area contributed by atoms with Gasteiger partial charge in [0.15, 0.2) is 0 Å². The third kappa shape index (κ3) is 5.06. The van der Waals surface area contributed by atoms with Crippen LogP contribution in [0, 0.1) is 11.2 Å². The van der Waals surface area contributed by atoms with E-state index < -0.39 is 11.9 Å². The molecule has 9 heteroatoms. The van der Waals surface area contributed by atoms with E-state index in [0.717, 1.165) is 0 Å². The van der Waals surface area contributed by atoms with Gasteiger partial charge in [0.1, 0.15) is 40.9 Å². The lowest BCUT2D eigenvalue weighted by atomic mass is 9.98. The van der Waals surface area contributed by atoms with Gasteiger partial charge in [0.05, 0.1) is 34.9 Å². The molecular formula is C30H26FN5O3. The van der Waals surface area contributed by atoms with E-state index in [1.165, 1.54) is 18.5 Å². The van der Waals surface area contributed by atoms with E-state index in [9.17, 15) is 9.18 Å². The predicted octanol–water partition coefficient (Wildman–Crippen LogP) is 5.96. The summed E-state index contributed by atoms with van der Waals surface area (Å²) in [5.74, 6) is 0.827. The van der Waals surface area contributed by atoms with Crippen molar-refractivity contribution in [3.8, 4) is 16.9 Å². The average Bonchev–Trinajstić information content (AvgIpc) is 2.93. The molecule has 0 aliphatic carbocycles. The smallest absolute Gasteiger partial charge is 0.200 e. The second kappa shape index (κ2) is 10.7. The van der Waals surface area contributed by atoms with Crippen LogP contribution in [0.5, 0.6) is 5.75 Å². The number of nitrogens with zero attached hydrogens (tertiary/aromatic N) is 2. The third-order valence-corrected chi connectivity index (χ3v) is 6.25. The van der Waals surface area contributed by atoms with Crippen molar-refractivity contribution in [1.82, 2.24) is 9.97 Å². The molecule has 2 heterocycles. The molecule has 0 radical (unpaired) electrons. The highest BCUT2D eigenvalue weighted by Gasteiger charge is 2.24. The molecule has 4 N–H and O–H groups in total. The van der Waals surface area contributed by atoms with Crippen molar-refractivity contribution in [3.63, 3.8) is 0 Å². The van der Waals surface area contributed by atoms with E-state index in [0.29, 0.717) is 34.5 Å². The SMILES string of the molecule is CCOc1cccc(C(=N)c2c(N)ncnc2NC(C)c2oc3ccccc3c(=O)c2-c2cccc(F)c2)c1. The first kappa shape index (κ1) is 25.6. The maximum atomic E-state index is 14.2. The Labute approximate surface area is 223 Å². The monoisotopic (exact) mass is 523 g/mol. The molecule has 0 aliphatic rings. The minimum atomic E-state index is -0.629. The van der Waals surface area contributed by atoms with Gasteiger partial charge in [-0.2, -0.15) is 0 Å². The number of hydrogen-bond acceptors (Lipinski definition) is 8. The Bertz CT molecular complexity index is 1750. The Balaban J connectivity index is 1.60. The predicted molar refractivity (Wildman–Crippen MR) is 150 cm³/mol. The Morgan fingerprint density at radius 3 is 2.69 bits per heavy atom. The average molecular weight is 524 g/mol. The molecule has 0 bridgehead atoms. The number of para-hydroxylation sites is 1. The lowest BCUT2D eigenvalue weighted by Crippen LogP contribution is -2.18. The van der Waals surface area contributed by atoms with Gasteiger partial charge < -0.3 is 20.2 Å². The van der Waals surface area contributed by atoms with Gasteiger partial charge in [0.2, 0.25) is 5.43 Å². The fourth-order valence-electron chi connectivity index (χ4n) is 4.46. The quantitative estimate of drug-likeness (QED) is 0.214. The van der Waals surface area contributed by atoms with Crippen molar-refractivity contribution in [3.05, 3.63) is 112 Å². The fourth-order valence-corrected chi connectivity index (χ4v) is 4.46. The summed E-state index contributed by atoms with van der Waals surface area (Å²) in [6, 6.07) is 19.2. The van der Waals surface area contributed by atoms with Crippen LogP contribution in [-0.4, -0.2) is 22.3 Å². The molecule has 5 rings (SSSR count). The van der Waals surface area contributed by atoms with Gasteiger partial charge in [0, 0.05) is 5.56 Å². The van der Waals surface area contributed by atoms with Crippen LogP contribution in [0.2, 0.25) is 0 Å². The van der Waals surface area contributed by atoms with E-state index in [-0.39, 0.29) is 39.7 Å². The maximum Gasteiger partial charge on any atom is 0.200 e. The molecule has 2 aromatic heterocycles. The summed E-state index contributed by atoms with van der Waals surface area (Å²) >= 11 is 0. The van der Waals surface area contributed by atoms with Crippen molar-refractivity contribution in [2.45, 2.75) is 19.9 Å². The summed E-state index contributed by atoms with van der Waals surface area (Å²) in [6.07, 6.45) is 1.29. The Kier molecular flexibility index (Phi) is 7.05. The van der Waals surface area contributed by atoms with E-state index in [2.05, 4.69) is 15.3 Å². The number of hydrogen-bond donors (Lipinski definition) is 3. The minimum absolute atomic E-state index is 0.0923. The number of ether oxygens (including phenoxy) is 1. The van der Waals surface area contributed by atoms with Gasteiger partial charge in [-0.05, 0) is 55.8 Å². The van der Waals surface area contributed by atoms with Crippen molar-refractivity contribution in [1.29, 1.82) is 5.41 Å². The highest BCUT2D eigenvalue weighted by molar-refractivity contribution is 6.16. The van der Waals surface area contributed by atoms with Crippen LogP contribution in [0.3, 0.4) is 0 Å². The Morgan fingerprint density at radius 1 is 1.10 bits per heavy atom. The zero-order valence-electron chi connectivity index (χ0n) is 21.4. The molecule has 0 spiro atoms. The van der Waals surface area contributed by atoms with Gasteiger partial charge in [0.25, 0.3) is 0 Å². The summed E-state index contributed by atoms with van der Waals surface area (Å²) in [5, 5.41) is 12.5. The molecule has 5 aromatic rings. The zero-order chi connectivity index (χ0) is 27.5. The second-order valence-corrected chi connectivity index (χ2v) is 8.86. The number of aromatic nitrogens is 2. The molecule has 0 saturated carbocycles. The second-order valence-electron chi connectivity index (χ2n) is 8.86. The largest absolute Gasteiger partial charge is 0.494 e. The summed E-state index contributed by atoms with van der Waals surface area (Å²) in [5.41, 5.74) is 7.91. The van der Waals surface area contributed by atoms with Gasteiger partial charge in [-0.3, -0.25) is 10.2 Å². The molecule has 0 aliphatic heterocycles. The number of benzene rings is 3. The van der Waals surface area contributed by atoms with E-state index in [1.54, 1.807) is 61.5 Å². The van der Waals surface area contributed by atoms with Crippen LogP contribution in [-0.2, 0) is 0 Å². The number of rotatable bonds is 8. The third-order valence-electron chi connectivity index (χ3n) is 6.25. The topological polar surface area (TPSA) is 127 Å². The number of halogens is 1. The number of anilines is 2. The summed E-state index contributed by atoms with van der Waals surface area (Å²) < 4.78 is 26.0. The van der Waals surface area contributed by atoms with E-state index in [4.69, 9.17) is 20.3 Å². The molecule has 0 amide bonds. The molecule has 196 valence electrons. The number of nitrogens with one attached hydrogen (secondary N) is 2. The van der Waals surface area contributed by atoms with Crippen LogP contribution in [0.15, 0.2) is 88.3 Å².